The Labute approximate surface area is 136 Å². The lowest BCUT2D eigenvalue weighted by Gasteiger charge is -2.13. The lowest BCUT2D eigenvalue weighted by molar-refractivity contribution is 0.391. The molecule has 2 rings (SSSR count). The van der Waals surface area contributed by atoms with Gasteiger partial charge in [-0.1, -0.05) is 18.2 Å². The normalized spacial score (nSPS) is 11.1. The van der Waals surface area contributed by atoms with Crippen molar-refractivity contribution in [2.45, 2.75) is 11.4 Å². The van der Waals surface area contributed by atoms with Gasteiger partial charge in [-0.25, -0.2) is 13.1 Å². The molecule has 0 aliphatic rings. The van der Waals surface area contributed by atoms with E-state index in [1.54, 1.807) is 31.4 Å². The van der Waals surface area contributed by atoms with Crippen LogP contribution in [0.15, 0.2) is 47.4 Å². The molecule has 0 spiro atoms. The first kappa shape index (κ1) is 17.1. The second kappa shape index (κ2) is 7.34. The van der Waals surface area contributed by atoms with E-state index in [0.717, 1.165) is 5.56 Å². The van der Waals surface area contributed by atoms with Crippen LogP contribution in [-0.4, -0.2) is 29.7 Å². The van der Waals surface area contributed by atoms with E-state index in [4.69, 9.17) is 14.2 Å². The number of hydrogen-bond acceptors (Lipinski definition) is 5. The summed E-state index contributed by atoms with van der Waals surface area (Å²) in [4.78, 5) is 0.0225. The SMILES string of the molecule is COc1ccc(OC)c(S(=O)(=O)NCc2ccccc2OC)c1. The summed E-state index contributed by atoms with van der Waals surface area (Å²) in [5.74, 6) is 1.30. The first-order chi connectivity index (χ1) is 11.0. The first-order valence-electron chi connectivity index (χ1n) is 6.85. The average Bonchev–Trinajstić information content (AvgIpc) is 2.59. The van der Waals surface area contributed by atoms with Crippen LogP contribution in [0.5, 0.6) is 17.2 Å². The zero-order valence-electron chi connectivity index (χ0n) is 13.2. The topological polar surface area (TPSA) is 73.9 Å². The van der Waals surface area contributed by atoms with Crippen molar-refractivity contribution < 1.29 is 22.6 Å². The van der Waals surface area contributed by atoms with Crippen LogP contribution in [0.1, 0.15) is 5.56 Å². The van der Waals surface area contributed by atoms with E-state index in [1.807, 2.05) is 12.1 Å². The molecule has 0 aromatic heterocycles. The Bertz CT molecular complexity index is 774. The highest BCUT2D eigenvalue weighted by atomic mass is 32.2. The van der Waals surface area contributed by atoms with Gasteiger partial charge in [-0.3, -0.25) is 0 Å². The molecule has 6 nitrogen and oxygen atoms in total. The number of para-hydroxylation sites is 1. The molecule has 0 amide bonds. The number of rotatable bonds is 7. The van der Waals surface area contributed by atoms with Crippen LogP contribution in [0.25, 0.3) is 0 Å². The third kappa shape index (κ3) is 3.94. The lowest BCUT2D eigenvalue weighted by atomic mass is 10.2. The Balaban J connectivity index is 2.28. The maximum atomic E-state index is 12.6. The van der Waals surface area contributed by atoms with Crippen LogP contribution in [0, 0.1) is 0 Å². The molecule has 0 unspecified atom stereocenters. The quantitative estimate of drug-likeness (QED) is 0.838. The van der Waals surface area contributed by atoms with Gasteiger partial charge in [0.25, 0.3) is 0 Å². The van der Waals surface area contributed by atoms with Gasteiger partial charge in [0.1, 0.15) is 22.1 Å². The van der Waals surface area contributed by atoms with Crippen molar-refractivity contribution in [3.63, 3.8) is 0 Å². The minimum Gasteiger partial charge on any atom is -0.497 e. The Morgan fingerprint density at radius 2 is 1.61 bits per heavy atom. The molecule has 2 aromatic carbocycles. The average molecular weight is 337 g/mol. The predicted octanol–water partition coefficient (Wildman–Crippen LogP) is 2.19. The summed E-state index contributed by atoms with van der Waals surface area (Å²) in [5.41, 5.74) is 0.737. The molecule has 0 saturated carbocycles. The van der Waals surface area contributed by atoms with Crippen LogP contribution in [0.4, 0.5) is 0 Å². The van der Waals surface area contributed by atoms with Crippen LogP contribution < -0.4 is 18.9 Å². The lowest BCUT2D eigenvalue weighted by Crippen LogP contribution is -2.24. The van der Waals surface area contributed by atoms with E-state index in [9.17, 15) is 8.42 Å². The van der Waals surface area contributed by atoms with Gasteiger partial charge in [0, 0.05) is 18.2 Å². The standard InChI is InChI=1S/C16H19NO5S/c1-20-13-8-9-15(22-3)16(10-13)23(18,19)17-11-12-6-4-5-7-14(12)21-2/h4-10,17H,11H2,1-3H3. The first-order valence-corrected chi connectivity index (χ1v) is 8.33. The maximum Gasteiger partial charge on any atom is 0.244 e. The molecule has 0 aliphatic heterocycles. The van der Waals surface area contributed by atoms with Crippen molar-refractivity contribution in [2.24, 2.45) is 0 Å². The molecule has 0 saturated heterocycles. The molecule has 7 heteroatoms. The molecule has 0 radical (unpaired) electrons. The minimum atomic E-state index is -3.77. The molecule has 2 aromatic rings. The second-order valence-electron chi connectivity index (χ2n) is 4.65. The highest BCUT2D eigenvalue weighted by molar-refractivity contribution is 7.89. The Kier molecular flexibility index (Phi) is 5.46. The predicted molar refractivity (Wildman–Crippen MR) is 86.6 cm³/mol. The summed E-state index contributed by atoms with van der Waals surface area (Å²) in [7, 11) is 0.661. The third-order valence-electron chi connectivity index (χ3n) is 3.31. The zero-order valence-corrected chi connectivity index (χ0v) is 14.0. The van der Waals surface area contributed by atoms with Gasteiger partial charge in [0.2, 0.25) is 10.0 Å². The summed E-state index contributed by atoms with van der Waals surface area (Å²) in [6, 6.07) is 11.8. The van der Waals surface area contributed by atoms with Crippen molar-refractivity contribution in [1.82, 2.24) is 4.72 Å². The summed E-state index contributed by atoms with van der Waals surface area (Å²) in [5, 5.41) is 0. The molecule has 0 fully saturated rings. The Morgan fingerprint density at radius 1 is 0.913 bits per heavy atom. The van der Waals surface area contributed by atoms with Crippen LogP contribution in [0.2, 0.25) is 0 Å². The van der Waals surface area contributed by atoms with E-state index in [2.05, 4.69) is 4.72 Å². The molecule has 23 heavy (non-hydrogen) atoms. The summed E-state index contributed by atoms with van der Waals surface area (Å²) < 4.78 is 43.1. The van der Waals surface area contributed by atoms with Crippen molar-refractivity contribution in [1.29, 1.82) is 0 Å². The molecule has 0 atom stereocenters. The van der Waals surface area contributed by atoms with E-state index in [1.165, 1.54) is 20.3 Å². The summed E-state index contributed by atoms with van der Waals surface area (Å²) in [6.45, 7) is 0.104. The van der Waals surface area contributed by atoms with Crippen molar-refractivity contribution in [2.75, 3.05) is 21.3 Å². The van der Waals surface area contributed by atoms with Gasteiger partial charge in [-0.2, -0.15) is 0 Å². The minimum absolute atomic E-state index is 0.0225. The number of nitrogens with one attached hydrogen (secondary N) is 1. The molecule has 0 heterocycles. The highest BCUT2D eigenvalue weighted by Crippen LogP contribution is 2.28. The fourth-order valence-corrected chi connectivity index (χ4v) is 3.28. The highest BCUT2D eigenvalue weighted by Gasteiger charge is 2.20. The largest absolute Gasteiger partial charge is 0.497 e. The van der Waals surface area contributed by atoms with E-state index >= 15 is 0 Å². The Morgan fingerprint density at radius 3 is 2.26 bits per heavy atom. The van der Waals surface area contributed by atoms with Crippen LogP contribution in [-0.2, 0) is 16.6 Å². The number of benzene rings is 2. The van der Waals surface area contributed by atoms with Crippen LogP contribution >= 0.6 is 0 Å². The third-order valence-corrected chi connectivity index (χ3v) is 4.73. The maximum absolute atomic E-state index is 12.6. The fraction of sp³-hybridized carbons (Fsp3) is 0.250. The van der Waals surface area contributed by atoms with Gasteiger partial charge < -0.3 is 14.2 Å². The monoisotopic (exact) mass is 337 g/mol. The smallest absolute Gasteiger partial charge is 0.244 e. The molecular weight excluding hydrogens is 318 g/mol. The number of methoxy groups -OCH3 is 3. The van der Waals surface area contributed by atoms with E-state index in [0.29, 0.717) is 11.5 Å². The van der Waals surface area contributed by atoms with Gasteiger partial charge in [-0.05, 0) is 18.2 Å². The number of ether oxygens (including phenoxy) is 3. The van der Waals surface area contributed by atoms with Gasteiger partial charge in [0.05, 0.1) is 21.3 Å². The molecule has 1 N–H and O–H groups in total. The fourth-order valence-electron chi connectivity index (χ4n) is 2.09. The zero-order chi connectivity index (χ0) is 16.9. The van der Waals surface area contributed by atoms with Gasteiger partial charge in [-0.15, -0.1) is 0 Å². The second-order valence-corrected chi connectivity index (χ2v) is 6.39. The number of sulfonamides is 1. The summed E-state index contributed by atoms with van der Waals surface area (Å²) in [6.07, 6.45) is 0. The molecular formula is C16H19NO5S. The van der Waals surface area contributed by atoms with E-state index < -0.39 is 10.0 Å². The Hall–Kier alpha value is -2.25. The van der Waals surface area contributed by atoms with Crippen LogP contribution in [0.3, 0.4) is 0 Å². The molecule has 0 aliphatic carbocycles. The number of hydrogen-bond donors (Lipinski definition) is 1. The van der Waals surface area contributed by atoms with Gasteiger partial charge >= 0.3 is 0 Å². The van der Waals surface area contributed by atoms with Crippen molar-refractivity contribution in [3.8, 4) is 17.2 Å². The van der Waals surface area contributed by atoms with E-state index in [-0.39, 0.29) is 17.2 Å². The van der Waals surface area contributed by atoms with Crippen molar-refractivity contribution >= 4 is 10.0 Å². The van der Waals surface area contributed by atoms with Gasteiger partial charge in [0.15, 0.2) is 0 Å². The van der Waals surface area contributed by atoms with Crippen molar-refractivity contribution in [3.05, 3.63) is 48.0 Å². The molecule has 0 bridgehead atoms. The summed E-state index contributed by atoms with van der Waals surface area (Å²) >= 11 is 0. The molecule has 124 valence electrons.